The highest BCUT2D eigenvalue weighted by Gasteiger charge is 2.19. The van der Waals surface area contributed by atoms with E-state index in [4.69, 9.17) is 5.73 Å². The number of nitrogens with two attached hydrogens (primary N) is 1. The van der Waals surface area contributed by atoms with Crippen molar-refractivity contribution >= 4 is 0 Å². The average molecular weight is 252 g/mol. The number of hydrogen-bond acceptors (Lipinski definition) is 2. The Hall–Kier alpha value is -1.67. The number of benzene rings is 1. The summed E-state index contributed by atoms with van der Waals surface area (Å²) in [5, 5.41) is 0. The molecule has 1 heterocycles. The second kappa shape index (κ2) is 5.14. The summed E-state index contributed by atoms with van der Waals surface area (Å²) < 4.78 is 0. The Morgan fingerprint density at radius 3 is 2.84 bits per heavy atom. The van der Waals surface area contributed by atoms with Gasteiger partial charge in [-0.25, -0.2) is 0 Å². The zero-order chi connectivity index (χ0) is 13.2. The second-order valence-electron chi connectivity index (χ2n) is 5.42. The van der Waals surface area contributed by atoms with Gasteiger partial charge in [-0.05, 0) is 73.0 Å². The number of aryl methyl sites for hydroxylation is 2. The van der Waals surface area contributed by atoms with Crippen LogP contribution in [0.1, 0.15) is 35.6 Å². The van der Waals surface area contributed by atoms with Gasteiger partial charge in [0, 0.05) is 11.9 Å². The standard InChI is InChI=1S/C17H20N2/c1-12-9-14(7-8-19-12)13-5-6-17-15(10-13)3-2-4-16(17)11-18/h5-10,16H,2-4,11,18H2,1H3. The van der Waals surface area contributed by atoms with Crippen molar-refractivity contribution in [3.8, 4) is 11.1 Å². The Balaban J connectivity index is 2.02. The third-order valence-electron chi connectivity index (χ3n) is 4.10. The minimum absolute atomic E-state index is 0.553. The van der Waals surface area contributed by atoms with Crippen LogP contribution in [-0.4, -0.2) is 11.5 Å². The lowest BCUT2D eigenvalue weighted by atomic mass is 9.81. The molecule has 19 heavy (non-hydrogen) atoms. The molecule has 2 nitrogen and oxygen atoms in total. The minimum Gasteiger partial charge on any atom is -0.330 e. The van der Waals surface area contributed by atoms with Gasteiger partial charge in [0.1, 0.15) is 0 Å². The van der Waals surface area contributed by atoms with Crippen molar-refractivity contribution < 1.29 is 0 Å². The highest BCUT2D eigenvalue weighted by atomic mass is 14.6. The monoisotopic (exact) mass is 252 g/mol. The molecule has 1 aromatic heterocycles. The van der Waals surface area contributed by atoms with E-state index in [9.17, 15) is 0 Å². The Bertz CT molecular complexity index is 590. The number of hydrogen-bond donors (Lipinski definition) is 1. The van der Waals surface area contributed by atoms with Crippen LogP contribution >= 0.6 is 0 Å². The van der Waals surface area contributed by atoms with Gasteiger partial charge in [-0.1, -0.05) is 18.2 Å². The molecule has 0 aliphatic heterocycles. The van der Waals surface area contributed by atoms with Gasteiger partial charge in [-0.3, -0.25) is 4.98 Å². The number of nitrogens with zero attached hydrogens (tertiary/aromatic N) is 1. The molecule has 0 bridgehead atoms. The van der Waals surface area contributed by atoms with Crippen LogP contribution in [0.2, 0.25) is 0 Å². The van der Waals surface area contributed by atoms with Crippen LogP contribution < -0.4 is 5.73 Å². The van der Waals surface area contributed by atoms with Crippen LogP contribution in [-0.2, 0) is 6.42 Å². The Morgan fingerprint density at radius 1 is 1.21 bits per heavy atom. The Morgan fingerprint density at radius 2 is 2.05 bits per heavy atom. The fourth-order valence-electron chi connectivity index (χ4n) is 3.06. The number of aromatic nitrogens is 1. The topological polar surface area (TPSA) is 38.9 Å². The minimum atomic E-state index is 0.553. The normalized spacial score (nSPS) is 18.1. The van der Waals surface area contributed by atoms with Gasteiger partial charge in [-0.15, -0.1) is 0 Å². The van der Waals surface area contributed by atoms with Crippen LogP contribution in [0.3, 0.4) is 0 Å². The highest BCUT2D eigenvalue weighted by molar-refractivity contribution is 5.65. The molecule has 0 saturated carbocycles. The maximum atomic E-state index is 5.88. The van der Waals surface area contributed by atoms with Crippen molar-refractivity contribution in [2.45, 2.75) is 32.1 Å². The number of pyridine rings is 1. The quantitative estimate of drug-likeness (QED) is 0.889. The summed E-state index contributed by atoms with van der Waals surface area (Å²) in [6.45, 7) is 2.80. The smallest absolute Gasteiger partial charge is 0.0378 e. The van der Waals surface area contributed by atoms with Crippen LogP contribution in [0, 0.1) is 6.92 Å². The summed E-state index contributed by atoms with van der Waals surface area (Å²) >= 11 is 0. The summed E-state index contributed by atoms with van der Waals surface area (Å²) in [4.78, 5) is 4.26. The van der Waals surface area contributed by atoms with E-state index < -0.39 is 0 Å². The van der Waals surface area contributed by atoms with Crippen LogP contribution in [0.15, 0.2) is 36.5 Å². The predicted octanol–water partition coefficient (Wildman–Crippen LogP) is 3.44. The summed E-state index contributed by atoms with van der Waals surface area (Å²) in [7, 11) is 0. The first-order valence-corrected chi connectivity index (χ1v) is 7.04. The van der Waals surface area contributed by atoms with E-state index in [-0.39, 0.29) is 0 Å². The summed E-state index contributed by atoms with van der Waals surface area (Å²) in [5.41, 5.74) is 12.4. The second-order valence-corrected chi connectivity index (χ2v) is 5.42. The molecule has 2 aromatic rings. The number of rotatable bonds is 2. The summed E-state index contributed by atoms with van der Waals surface area (Å²) in [6, 6.07) is 11.1. The molecule has 0 spiro atoms. The third kappa shape index (κ3) is 2.41. The molecular formula is C17H20N2. The van der Waals surface area contributed by atoms with Gasteiger partial charge in [-0.2, -0.15) is 0 Å². The molecule has 1 aromatic carbocycles. The summed E-state index contributed by atoms with van der Waals surface area (Å²) in [5.74, 6) is 0.553. The van der Waals surface area contributed by atoms with E-state index in [0.29, 0.717) is 5.92 Å². The average Bonchev–Trinajstić information content (AvgIpc) is 2.46. The maximum absolute atomic E-state index is 5.88. The molecule has 0 fully saturated rings. The molecular weight excluding hydrogens is 232 g/mol. The molecule has 1 unspecified atom stereocenters. The van der Waals surface area contributed by atoms with Gasteiger partial charge in [0.2, 0.25) is 0 Å². The van der Waals surface area contributed by atoms with Crippen LogP contribution in [0.4, 0.5) is 0 Å². The van der Waals surface area contributed by atoms with Gasteiger partial charge in [0.15, 0.2) is 0 Å². The first kappa shape index (κ1) is 12.4. The molecule has 0 saturated heterocycles. The Labute approximate surface area is 114 Å². The van der Waals surface area contributed by atoms with Crippen molar-refractivity contribution in [1.82, 2.24) is 4.98 Å². The van der Waals surface area contributed by atoms with E-state index in [1.807, 2.05) is 13.1 Å². The molecule has 0 radical (unpaired) electrons. The molecule has 2 N–H and O–H groups in total. The molecule has 0 amide bonds. The van der Waals surface area contributed by atoms with Gasteiger partial charge in [0.05, 0.1) is 0 Å². The van der Waals surface area contributed by atoms with Crippen molar-refractivity contribution in [2.75, 3.05) is 6.54 Å². The molecule has 1 aliphatic rings. The first-order valence-electron chi connectivity index (χ1n) is 7.04. The molecule has 98 valence electrons. The molecule has 1 atom stereocenters. The zero-order valence-electron chi connectivity index (χ0n) is 11.4. The zero-order valence-corrected chi connectivity index (χ0v) is 11.4. The number of fused-ring (bicyclic) bond motifs is 1. The molecule has 1 aliphatic carbocycles. The lowest BCUT2D eigenvalue weighted by Gasteiger charge is -2.25. The predicted molar refractivity (Wildman–Crippen MR) is 79.1 cm³/mol. The largest absolute Gasteiger partial charge is 0.330 e. The van der Waals surface area contributed by atoms with E-state index >= 15 is 0 Å². The fraction of sp³-hybridized carbons (Fsp3) is 0.353. The van der Waals surface area contributed by atoms with Gasteiger partial charge < -0.3 is 5.73 Å². The van der Waals surface area contributed by atoms with E-state index in [0.717, 1.165) is 12.2 Å². The SMILES string of the molecule is Cc1cc(-c2ccc3c(c2)CCCC3CN)ccn1. The van der Waals surface area contributed by atoms with Crippen LogP contribution in [0.5, 0.6) is 0 Å². The van der Waals surface area contributed by atoms with E-state index in [1.54, 1.807) is 0 Å². The lowest BCUT2D eigenvalue weighted by Crippen LogP contribution is -2.18. The summed E-state index contributed by atoms with van der Waals surface area (Å²) in [6.07, 6.45) is 5.56. The van der Waals surface area contributed by atoms with Gasteiger partial charge >= 0.3 is 0 Å². The Kier molecular flexibility index (Phi) is 3.34. The van der Waals surface area contributed by atoms with Gasteiger partial charge in [0.25, 0.3) is 0 Å². The molecule has 3 rings (SSSR count). The van der Waals surface area contributed by atoms with Crippen molar-refractivity contribution in [1.29, 1.82) is 0 Å². The van der Waals surface area contributed by atoms with E-state index in [2.05, 4.69) is 35.3 Å². The van der Waals surface area contributed by atoms with E-state index in [1.165, 1.54) is 41.5 Å². The third-order valence-corrected chi connectivity index (χ3v) is 4.10. The van der Waals surface area contributed by atoms with Crippen molar-refractivity contribution in [2.24, 2.45) is 5.73 Å². The maximum Gasteiger partial charge on any atom is 0.0378 e. The highest BCUT2D eigenvalue weighted by Crippen LogP contribution is 2.33. The lowest BCUT2D eigenvalue weighted by molar-refractivity contribution is 0.561. The van der Waals surface area contributed by atoms with Crippen molar-refractivity contribution in [3.05, 3.63) is 53.3 Å². The first-order chi connectivity index (χ1) is 9.28. The fourth-order valence-corrected chi connectivity index (χ4v) is 3.06. The molecule has 2 heteroatoms. The van der Waals surface area contributed by atoms with Crippen molar-refractivity contribution in [3.63, 3.8) is 0 Å². The van der Waals surface area contributed by atoms with Crippen LogP contribution in [0.25, 0.3) is 11.1 Å².